The number of aryl methyl sites for hydroxylation is 1. The Morgan fingerprint density at radius 2 is 1.83 bits per heavy atom. The molecule has 3 nitrogen and oxygen atoms in total. The number of carbonyl (C=O) groups excluding carboxylic acids is 1. The highest BCUT2D eigenvalue weighted by atomic mass is 35.5. The molecule has 0 bridgehead atoms. The van der Waals surface area contributed by atoms with Gasteiger partial charge in [0, 0.05) is 22.5 Å². The van der Waals surface area contributed by atoms with Crippen LogP contribution in [0.25, 0.3) is 22.0 Å². The average molecular weight is 340 g/mol. The smallest absolute Gasteiger partial charge is 0.262 e. The molecule has 0 aliphatic rings. The highest BCUT2D eigenvalue weighted by Gasteiger charge is 2.20. The molecule has 122 valence electrons. The molecule has 3 rings (SSSR count). The molecule has 0 N–H and O–H groups in total. The van der Waals surface area contributed by atoms with Crippen molar-refractivity contribution in [1.82, 2.24) is 4.57 Å². The maximum atomic E-state index is 13.0. The van der Waals surface area contributed by atoms with Crippen molar-refractivity contribution in [3.63, 3.8) is 0 Å². The molecule has 0 fully saturated rings. The Morgan fingerprint density at radius 3 is 2.46 bits per heavy atom. The number of halogens is 1. The van der Waals surface area contributed by atoms with Crippen LogP contribution in [-0.4, -0.2) is 10.4 Å². The Hall–Kier alpha value is -2.39. The normalized spacial score (nSPS) is 11.0. The summed E-state index contributed by atoms with van der Waals surface area (Å²) in [4.78, 5) is 25.3. The van der Waals surface area contributed by atoms with Crippen molar-refractivity contribution in [3.05, 3.63) is 69.5 Å². The Bertz CT molecular complexity index is 974. The van der Waals surface area contributed by atoms with E-state index in [1.54, 1.807) is 10.6 Å². The van der Waals surface area contributed by atoms with Crippen LogP contribution in [0.3, 0.4) is 0 Å². The molecule has 0 radical (unpaired) electrons. The van der Waals surface area contributed by atoms with Gasteiger partial charge in [0.1, 0.15) is 0 Å². The number of carbonyl (C=O) groups is 1. The molecule has 0 amide bonds. The molecule has 0 aliphatic heterocycles. The van der Waals surface area contributed by atoms with Crippen LogP contribution < -0.4 is 5.56 Å². The first kappa shape index (κ1) is 16.5. The second kappa shape index (κ2) is 6.62. The van der Waals surface area contributed by atoms with Gasteiger partial charge >= 0.3 is 0 Å². The monoisotopic (exact) mass is 339 g/mol. The SMILES string of the molecule is CCCn1c(=O)c(C(C)=O)c(-c2ccccc2)c2cc(Cl)ccc21. The maximum Gasteiger partial charge on any atom is 0.262 e. The highest BCUT2D eigenvalue weighted by molar-refractivity contribution is 6.31. The van der Waals surface area contributed by atoms with Crippen LogP contribution in [0.1, 0.15) is 30.6 Å². The van der Waals surface area contributed by atoms with Crippen molar-refractivity contribution in [2.24, 2.45) is 0 Å². The molecule has 0 saturated carbocycles. The van der Waals surface area contributed by atoms with Gasteiger partial charge in [-0.15, -0.1) is 0 Å². The van der Waals surface area contributed by atoms with Crippen molar-refractivity contribution in [1.29, 1.82) is 0 Å². The standard InChI is InChI=1S/C20H18ClNO2/c1-3-11-22-17-10-9-15(21)12-16(17)19(14-7-5-4-6-8-14)18(13(2)23)20(22)24/h4-10,12H,3,11H2,1-2H3. The molecule has 0 atom stereocenters. The summed E-state index contributed by atoms with van der Waals surface area (Å²) in [5.41, 5.74) is 2.30. The zero-order chi connectivity index (χ0) is 17.3. The molecule has 0 spiro atoms. The number of ketones is 1. The van der Waals surface area contributed by atoms with E-state index in [4.69, 9.17) is 11.6 Å². The van der Waals surface area contributed by atoms with Gasteiger partial charge in [0.05, 0.1) is 11.1 Å². The van der Waals surface area contributed by atoms with E-state index in [1.165, 1.54) is 6.92 Å². The van der Waals surface area contributed by atoms with Crippen molar-refractivity contribution in [3.8, 4) is 11.1 Å². The first-order valence-corrected chi connectivity index (χ1v) is 8.34. The summed E-state index contributed by atoms with van der Waals surface area (Å²) in [6.07, 6.45) is 0.805. The number of nitrogens with zero attached hydrogens (tertiary/aromatic N) is 1. The fourth-order valence-electron chi connectivity index (χ4n) is 3.11. The number of benzene rings is 2. The van der Waals surface area contributed by atoms with Crippen LogP contribution >= 0.6 is 11.6 Å². The van der Waals surface area contributed by atoms with E-state index in [2.05, 4.69) is 0 Å². The second-order valence-electron chi connectivity index (χ2n) is 5.79. The molecule has 24 heavy (non-hydrogen) atoms. The number of hydrogen-bond acceptors (Lipinski definition) is 2. The van der Waals surface area contributed by atoms with E-state index in [0.29, 0.717) is 17.1 Å². The van der Waals surface area contributed by atoms with E-state index in [1.807, 2.05) is 49.4 Å². The maximum absolute atomic E-state index is 13.0. The molecule has 4 heteroatoms. The molecule has 0 unspecified atom stereocenters. The lowest BCUT2D eigenvalue weighted by atomic mass is 9.94. The van der Waals surface area contributed by atoms with Crippen LogP contribution in [-0.2, 0) is 6.54 Å². The number of hydrogen-bond donors (Lipinski definition) is 0. The average Bonchev–Trinajstić information content (AvgIpc) is 2.57. The van der Waals surface area contributed by atoms with E-state index in [-0.39, 0.29) is 16.9 Å². The van der Waals surface area contributed by atoms with Gasteiger partial charge in [-0.3, -0.25) is 9.59 Å². The van der Waals surface area contributed by atoms with Gasteiger partial charge < -0.3 is 4.57 Å². The molecule has 0 saturated heterocycles. The molecular weight excluding hydrogens is 322 g/mol. The quantitative estimate of drug-likeness (QED) is 0.632. The van der Waals surface area contributed by atoms with Crippen molar-refractivity contribution in [2.75, 3.05) is 0 Å². The van der Waals surface area contributed by atoms with Gasteiger partial charge in [-0.1, -0.05) is 48.9 Å². The third-order valence-electron chi connectivity index (χ3n) is 4.09. The van der Waals surface area contributed by atoms with Gasteiger partial charge in [0.2, 0.25) is 0 Å². The number of fused-ring (bicyclic) bond motifs is 1. The molecule has 3 aromatic rings. The van der Waals surface area contributed by atoms with E-state index >= 15 is 0 Å². The van der Waals surface area contributed by atoms with Gasteiger partial charge in [-0.2, -0.15) is 0 Å². The minimum Gasteiger partial charge on any atom is -0.308 e. The third-order valence-corrected chi connectivity index (χ3v) is 4.32. The third kappa shape index (κ3) is 2.76. The second-order valence-corrected chi connectivity index (χ2v) is 6.23. The number of Topliss-reactive ketones (excluding diaryl/α,β-unsaturated/α-hetero) is 1. The fourth-order valence-corrected chi connectivity index (χ4v) is 3.28. The zero-order valence-corrected chi connectivity index (χ0v) is 14.4. The highest BCUT2D eigenvalue weighted by Crippen LogP contribution is 2.32. The van der Waals surface area contributed by atoms with Gasteiger partial charge in [0.15, 0.2) is 5.78 Å². The Kier molecular flexibility index (Phi) is 4.54. The van der Waals surface area contributed by atoms with E-state index < -0.39 is 0 Å². The van der Waals surface area contributed by atoms with Crippen LogP contribution in [0.5, 0.6) is 0 Å². The number of rotatable bonds is 4. The first-order valence-electron chi connectivity index (χ1n) is 7.97. The fraction of sp³-hybridized carbons (Fsp3) is 0.200. The van der Waals surface area contributed by atoms with Crippen molar-refractivity contribution >= 4 is 28.3 Å². The first-order chi connectivity index (χ1) is 11.5. The van der Waals surface area contributed by atoms with Crippen molar-refractivity contribution < 1.29 is 4.79 Å². The summed E-state index contributed by atoms with van der Waals surface area (Å²) in [5.74, 6) is -0.231. The largest absolute Gasteiger partial charge is 0.308 e. The summed E-state index contributed by atoms with van der Waals surface area (Å²) in [7, 11) is 0. The summed E-state index contributed by atoms with van der Waals surface area (Å²) >= 11 is 6.21. The van der Waals surface area contributed by atoms with Crippen LogP contribution in [0.15, 0.2) is 53.3 Å². The molecule has 1 aromatic heterocycles. The molecule has 0 aliphatic carbocycles. The lowest BCUT2D eigenvalue weighted by Crippen LogP contribution is -2.27. The van der Waals surface area contributed by atoms with Gasteiger partial charge in [-0.25, -0.2) is 0 Å². The Morgan fingerprint density at radius 1 is 1.12 bits per heavy atom. The van der Waals surface area contributed by atoms with Gasteiger partial charge in [0.25, 0.3) is 5.56 Å². The lowest BCUT2D eigenvalue weighted by Gasteiger charge is -2.17. The molecule has 2 aromatic carbocycles. The summed E-state index contributed by atoms with van der Waals surface area (Å²) < 4.78 is 1.68. The molecule has 1 heterocycles. The van der Waals surface area contributed by atoms with Gasteiger partial charge in [-0.05, 0) is 37.1 Å². The number of pyridine rings is 1. The summed E-state index contributed by atoms with van der Waals surface area (Å²) in [5, 5.41) is 1.41. The lowest BCUT2D eigenvalue weighted by molar-refractivity contribution is 0.101. The number of aromatic nitrogens is 1. The zero-order valence-electron chi connectivity index (χ0n) is 13.7. The van der Waals surface area contributed by atoms with Crippen molar-refractivity contribution in [2.45, 2.75) is 26.8 Å². The van der Waals surface area contributed by atoms with Crippen LogP contribution in [0.4, 0.5) is 0 Å². The summed E-state index contributed by atoms with van der Waals surface area (Å²) in [6, 6.07) is 15.0. The predicted molar refractivity (Wildman–Crippen MR) is 98.9 cm³/mol. The van der Waals surface area contributed by atoms with E-state index in [0.717, 1.165) is 22.9 Å². The topological polar surface area (TPSA) is 39.1 Å². The minimum absolute atomic E-state index is 0.226. The minimum atomic E-state index is -0.238. The Balaban J connectivity index is 2.55. The van der Waals surface area contributed by atoms with Crippen LogP contribution in [0, 0.1) is 0 Å². The predicted octanol–water partition coefficient (Wildman–Crippen LogP) is 4.93. The van der Waals surface area contributed by atoms with Crippen LogP contribution in [0.2, 0.25) is 5.02 Å². The van der Waals surface area contributed by atoms with E-state index in [9.17, 15) is 9.59 Å². The molecular formula is C20H18ClNO2. The summed E-state index contributed by atoms with van der Waals surface area (Å²) in [6.45, 7) is 4.01. The Labute approximate surface area is 145 Å².